The van der Waals surface area contributed by atoms with Crippen LogP contribution < -0.4 is 14.8 Å². The van der Waals surface area contributed by atoms with Crippen LogP contribution in [0.2, 0.25) is 0 Å². The van der Waals surface area contributed by atoms with E-state index in [1.807, 2.05) is 6.07 Å². The molecule has 0 spiro atoms. The van der Waals surface area contributed by atoms with Gasteiger partial charge in [0.2, 0.25) is 0 Å². The highest BCUT2D eigenvalue weighted by molar-refractivity contribution is 7.90. The van der Waals surface area contributed by atoms with E-state index in [2.05, 4.69) is 4.72 Å². The van der Waals surface area contributed by atoms with Crippen molar-refractivity contribution < 1.29 is 8.42 Å². The quantitative estimate of drug-likeness (QED) is 0.741. The van der Waals surface area contributed by atoms with Crippen molar-refractivity contribution in [2.24, 2.45) is 5.73 Å². The van der Waals surface area contributed by atoms with Gasteiger partial charge in [-0.3, -0.25) is 4.31 Å². The number of nitrogens with two attached hydrogens (primary N) is 1. The van der Waals surface area contributed by atoms with Crippen molar-refractivity contribution in [3.8, 4) is 0 Å². The lowest BCUT2D eigenvalue weighted by Gasteiger charge is -2.19. The first kappa shape index (κ1) is 12.0. The second-order valence-electron chi connectivity index (χ2n) is 2.99. The maximum absolute atomic E-state index is 11.6. The highest BCUT2D eigenvalue weighted by atomic mass is 32.2. The Morgan fingerprint density at radius 1 is 1.33 bits per heavy atom. The second-order valence-corrected chi connectivity index (χ2v) is 4.78. The number of hydrogen-bond acceptors (Lipinski definition) is 3. The van der Waals surface area contributed by atoms with Crippen LogP contribution in [0.1, 0.15) is 0 Å². The minimum atomic E-state index is -3.47. The number of nitrogens with one attached hydrogen (secondary N) is 1. The Morgan fingerprint density at radius 2 is 1.93 bits per heavy atom. The maximum Gasteiger partial charge on any atom is 0.301 e. The van der Waals surface area contributed by atoms with Crippen LogP contribution in [0.25, 0.3) is 0 Å². The van der Waals surface area contributed by atoms with Gasteiger partial charge in [0.1, 0.15) is 0 Å². The third-order valence-corrected chi connectivity index (χ3v) is 3.41. The topological polar surface area (TPSA) is 75.4 Å². The van der Waals surface area contributed by atoms with Crippen molar-refractivity contribution in [2.45, 2.75) is 0 Å². The van der Waals surface area contributed by atoms with Gasteiger partial charge in [0.05, 0.1) is 5.69 Å². The number of para-hydroxylation sites is 1. The van der Waals surface area contributed by atoms with E-state index in [-0.39, 0.29) is 13.1 Å². The van der Waals surface area contributed by atoms with Gasteiger partial charge in [-0.25, -0.2) is 0 Å². The molecule has 0 heterocycles. The van der Waals surface area contributed by atoms with Crippen molar-refractivity contribution in [2.75, 3.05) is 24.4 Å². The third-order valence-electron chi connectivity index (χ3n) is 1.91. The highest BCUT2D eigenvalue weighted by Gasteiger charge is 2.16. The van der Waals surface area contributed by atoms with Crippen molar-refractivity contribution in [1.82, 2.24) is 4.72 Å². The van der Waals surface area contributed by atoms with Gasteiger partial charge in [0.15, 0.2) is 0 Å². The van der Waals surface area contributed by atoms with E-state index in [0.717, 1.165) is 0 Å². The van der Waals surface area contributed by atoms with E-state index in [4.69, 9.17) is 5.73 Å². The zero-order chi connectivity index (χ0) is 11.3. The molecule has 84 valence electrons. The summed E-state index contributed by atoms with van der Waals surface area (Å²) in [6.07, 6.45) is 0. The molecule has 0 aliphatic heterocycles. The number of benzene rings is 1. The fourth-order valence-electron chi connectivity index (χ4n) is 1.06. The molecule has 6 heteroatoms. The molecule has 0 aliphatic carbocycles. The van der Waals surface area contributed by atoms with Crippen LogP contribution in [0.5, 0.6) is 0 Å². The van der Waals surface area contributed by atoms with Crippen LogP contribution in [-0.2, 0) is 10.2 Å². The molecule has 3 N–H and O–H groups in total. The van der Waals surface area contributed by atoms with Gasteiger partial charge in [-0.2, -0.15) is 13.1 Å². The molecule has 5 nitrogen and oxygen atoms in total. The summed E-state index contributed by atoms with van der Waals surface area (Å²) in [6.45, 7) is 0.515. The predicted octanol–water partition coefficient (Wildman–Crippen LogP) is -0.0841. The van der Waals surface area contributed by atoms with E-state index >= 15 is 0 Å². The summed E-state index contributed by atoms with van der Waals surface area (Å²) in [4.78, 5) is 0. The first-order valence-electron chi connectivity index (χ1n) is 4.56. The summed E-state index contributed by atoms with van der Waals surface area (Å²) < 4.78 is 26.9. The van der Waals surface area contributed by atoms with Gasteiger partial charge < -0.3 is 5.73 Å². The highest BCUT2D eigenvalue weighted by Crippen LogP contribution is 2.13. The standard InChI is InChI=1S/C9H15N3O2S/c1-12(9-5-3-2-4-6-9)15(13,14)11-8-7-10/h2-6,11H,7-8,10H2,1H3. The zero-order valence-electron chi connectivity index (χ0n) is 8.55. The summed E-state index contributed by atoms with van der Waals surface area (Å²) >= 11 is 0. The minimum Gasteiger partial charge on any atom is -0.329 e. The molecule has 0 bridgehead atoms. The average Bonchev–Trinajstić information content (AvgIpc) is 2.26. The molecule has 1 aromatic carbocycles. The molecule has 0 aliphatic rings. The van der Waals surface area contributed by atoms with Crippen LogP contribution in [0.3, 0.4) is 0 Å². The summed E-state index contributed by atoms with van der Waals surface area (Å²) in [5.41, 5.74) is 5.84. The van der Waals surface area contributed by atoms with E-state index in [1.165, 1.54) is 11.4 Å². The molecular weight excluding hydrogens is 214 g/mol. The fraction of sp³-hybridized carbons (Fsp3) is 0.333. The Labute approximate surface area is 90.1 Å². The first-order chi connectivity index (χ1) is 7.08. The SMILES string of the molecule is CN(c1ccccc1)S(=O)(=O)NCCN. The van der Waals surface area contributed by atoms with Crippen LogP contribution >= 0.6 is 0 Å². The van der Waals surface area contributed by atoms with Gasteiger partial charge in [-0.05, 0) is 12.1 Å². The van der Waals surface area contributed by atoms with Crippen molar-refractivity contribution in [3.05, 3.63) is 30.3 Å². The molecular formula is C9H15N3O2S. The first-order valence-corrected chi connectivity index (χ1v) is 6.00. The third kappa shape index (κ3) is 3.19. The Kier molecular flexibility index (Phi) is 4.07. The number of hydrogen-bond donors (Lipinski definition) is 2. The normalized spacial score (nSPS) is 11.3. The van der Waals surface area contributed by atoms with E-state index in [0.29, 0.717) is 5.69 Å². The number of nitrogens with zero attached hydrogens (tertiary/aromatic N) is 1. The molecule has 15 heavy (non-hydrogen) atoms. The Hall–Kier alpha value is -1.11. The smallest absolute Gasteiger partial charge is 0.301 e. The van der Waals surface area contributed by atoms with Gasteiger partial charge >= 0.3 is 10.2 Å². The predicted molar refractivity (Wildman–Crippen MR) is 60.8 cm³/mol. The molecule has 1 rings (SSSR count). The summed E-state index contributed by atoms with van der Waals surface area (Å²) in [6, 6.07) is 8.84. The van der Waals surface area contributed by atoms with Crippen LogP contribution in [0.4, 0.5) is 5.69 Å². The summed E-state index contributed by atoms with van der Waals surface area (Å²) in [5, 5.41) is 0. The molecule has 0 aromatic heterocycles. The van der Waals surface area contributed by atoms with Crippen LogP contribution in [0, 0.1) is 0 Å². The molecule has 0 atom stereocenters. The lowest BCUT2D eigenvalue weighted by molar-refractivity contribution is 0.580. The number of anilines is 1. The average molecular weight is 229 g/mol. The lowest BCUT2D eigenvalue weighted by Crippen LogP contribution is -2.40. The Bertz CT molecular complexity index is 391. The molecule has 0 saturated heterocycles. The molecule has 0 fully saturated rings. The van der Waals surface area contributed by atoms with Crippen molar-refractivity contribution in [1.29, 1.82) is 0 Å². The van der Waals surface area contributed by atoms with E-state index in [9.17, 15) is 8.42 Å². The summed E-state index contributed by atoms with van der Waals surface area (Å²) in [7, 11) is -1.98. The monoisotopic (exact) mass is 229 g/mol. The van der Waals surface area contributed by atoms with Gasteiger partial charge in [-0.15, -0.1) is 0 Å². The molecule has 0 amide bonds. The van der Waals surface area contributed by atoms with Crippen molar-refractivity contribution >= 4 is 15.9 Å². The van der Waals surface area contributed by atoms with Gasteiger partial charge in [0, 0.05) is 20.1 Å². The van der Waals surface area contributed by atoms with Crippen LogP contribution in [-0.4, -0.2) is 28.6 Å². The lowest BCUT2D eigenvalue weighted by atomic mass is 10.3. The molecule has 0 saturated carbocycles. The molecule has 1 aromatic rings. The Morgan fingerprint density at radius 3 is 2.47 bits per heavy atom. The largest absolute Gasteiger partial charge is 0.329 e. The minimum absolute atomic E-state index is 0.236. The van der Waals surface area contributed by atoms with E-state index in [1.54, 1.807) is 24.3 Å². The van der Waals surface area contributed by atoms with Gasteiger partial charge in [-0.1, -0.05) is 18.2 Å². The Balaban J connectivity index is 2.80. The molecule has 0 radical (unpaired) electrons. The van der Waals surface area contributed by atoms with E-state index < -0.39 is 10.2 Å². The fourth-order valence-corrected chi connectivity index (χ4v) is 2.03. The summed E-state index contributed by atoms with van der Waals surface area (Å²) in [5.74, 6) is 0. The van der Waals surface area contributed by atoms with Crippen LogP contribution in [0.15, 0.2) is 30.3 Å². The van der Waals surface area contributed by atoms with Gasteiger partial charge in [0.25, 0.3) is 0 Å². The van der Waals surface area contributed by atoms with Crippen molar-refractivity contribution in [3.63, 3.8) is 0 Å². The molecule has 0 unspecified atom stereocenters. The maximum atomic E-state index is 11.6. The zero-order valence-corrected chi connectivity index (χ0v) is 9.37. The second kappa shape index (κ2) is 5.11. The number of rotatable bonds is 5.